The largest absolute Gasteiger partial charge is 0.426 e. The minimum atomic E-state index is -0.518. The number of hydrogen-bond donors (Lipinski definition) is 0. The van der Waals surface area contributed by atoms with Gasteiger partial charge in [0.05, 0.1) is 0 Å². The van der Waals surface area contributed by atoms with E-state index in [0.717, 1.165) is 0 Å². The van der Waals surface area contributed by atoms with Gasteiger partial charge in [0.15, 0.2) is 0 Å². The topological polar surface area (TPSA) is 0 Å². The molecule has 0 N–H and O–H groups in total. The predicted molar refractivity (Wildman–Crippen MR) is 137 cm³/mol. The van der Waals surface area contributed by atoms with Gasteiger partial charge in [-0.1, -0.05) is 104 Å². The average Bonchev–Trinajstić information content (AvgIpc) is 3.15. The van der Waals surface area contributed by atoms with Gasteiger partial charge in [-0.2, -0.15) is 3.70 Å². The molecule has 0 amide bonds. The second-order valence-electron chi connectivity index (χ2n) is 10.1. The molecule has 4 rings (SSSR count). The van der Waals surface area contributed by atoms with Crippen LogP contribution in [0.25, 0.3) is 9.78 Å². The Morgan fingerprint density at radius 2 is 1.50 bits per heavy atom. The summed E-state index contributed by atoms with van der Waals surface area (Å²) in [5.41, 5.74) is 12.6. The third kappa shape index (κ3) is 3.55. The first-order valence-electron chi connectivity index (χ1n) is 11.5. The van der Waals surface area contributed by atoms with E-state index in [1.807, 2.05) is 0 Å². The highest BCUT2D eigenvalue weighted by Gasteiger charge is 2.33. The van der Waals surface area contributed by atoms with Gasteiger partial charge in [0.2, 0.25) is 0 Å². The quantitative estimate of drug-likeness (QED) is 0.450. The maximum atomic E-state index is 2.50. The van der Waals surface area contributed by atoms with Gasteiger partial charge in [-0.25, -0.2) is 0 Å². The third-order valence-electron chi connectivity index (χ3n) is 7.12. The fraction of sp³-hybridized carbons (Fsp3) is 0.393. The Balaban J connectivity index is 1.84. The van der Waals surface area contributed by atoms with Gasteiger partial charge in [-0.15, -0.1) is 0 Å². The first-order valence-corrected chi connectivity index (χ1v) is 15.6. The fourth-order valence-corrected chi connectivity index (χ4v) is 9.91. The van der Waals surface area contributed by atoms with Crippen molar-refractivity contribution in [1.82, 2.24) is 0 Å². The minimum absolute atomic E-state index is 0.486. The number of benzene rings is 2. The molecule has 0 radical (unpaired) electrons. The summed E-state index contributed by atoms with van der Waals surface area (Å²) in [5, 5.41) is 1.71. The van der Waals surface area contributed by atoms with E-state index in [2.05, 4.69) is 97.1 Å². The predicted octanol–water partition coefficient (Wildman–Crippen LogP) is 7.40. The van der Waals surface area contributed by atoms with Crippen molar-refractivity contribution in [2.24, 2.45) is 0 Å². The van der Waals surface area contributed by atoms with Crippen LogP contribution in [0.5, 0.6) is 0 Å². The van der Waals surface area contributed by atoms with E-state index in [4.69, 9.17) is 0 Å². The molecule has 2 heteroatoms. The average molecular weight is 423 g/mol. The lowest BCUT2D eigenvalue weighted by molar-refractivity contribution is 0.861. The first kappa shape index (κ1) is 22.0. The molecule has 2 aromatic carbocycles. The lowest BCUT2D eigenvalue weighted by atomic mass is 9.94. The number of rotatable bonds is 4. The molecule has 0 spiro atoms. The van der Waals surface area contributed by atoms with Crippen molar-refractivity contribution < 1.29 is 0 Å². The Hall–Kier alpha value is -1.23. The maximum Gasteiger partial charge on any atom is 0.426 e. The number of allylic oxidation sites excluding steroid dienone is 2. The van der Waals surface area contributed by atoms with Gasteiger partial charge < -0.3 is 0 Å². The zero-order valence-corrected chi connectivity index (χ0v) is 22.4. The third-order valence-corrected chi connectivity index (χ3v) is 11.6. The van der Waals surface area contributed by atoms with Gasteiger partial charge >= 0.3 is 20.4 Å². The van der Waals surface area contributed by atoms with Crippen LogP contribution < -0.4 is 0 Å². The summed E-state index contributed by atoms with van der Waals surface area (Å²) in [4.78, 5) is 0. The summed E-state index contributed by atoms with van der Waals surface area (Å²) in [6.07, 6.45) is 2.50. The van der Waals surface area contributed by atoms with Crippen LogP contribution in [0.4, 0.5) is 0 Å². The van der Waals surface area contributed by atoms with Crippen molar-refractivity contribution in [2.45, 2.75) is 70.5 Å². The first-order chi connectivity index (χ1) is 14.2. The van der Waals surface area contributed by atoms with Crippen LogP contribution in [0.3, 0.4) is 0 Å². The van der Waals surface area contributed by atoms with E-state index < -0.39 is 28.8 Å². The Morgan fingerprint density at radius 3 is 2.13 bits per heavy atom. The second-order valence-corrected chi connectivity index (χ2v) is 14.5. The summed E-state index contributed by atoms with van der Waals surface area (Å²) in [6.45, 7) is 19.1. The normalized spacial score (nSPS) is 17.5. The van der Waals surface area contributed by atoms with Crippen LogP contribution in [-0.4, -0.2) is 33.9 Å². The van der Waals surface area contributed by atoms with E-state index in [0.29, 0.717) is 15.9 Å². The fourth-order valence-electron chi connectivity index (χ4n) is 5.63. The van der Waals surface area contributed by atoms with E-state index >= 15 is 0 Å². The molecule has 2 aromatic rings. The van der Waals surface area contributed by atoms with Crippen molar-refractivity contribution in [2.75, 3.05) is 0 Å². The standard InChI is InChI=1S/C15H19Si.C13H15.Mg/c1-10(2)13-8-6-7-12-9-11(3)15(14(12)13)16(4)5;1-9(2)12-6-4-5-11-7-10(3)8-13(11)12;/h6-8,10H,1-5H3;4-9H,1-3H3;. The van der Waals surface area contributed by atoms with Gasteiger partial charge in [0.1, 0.15) is 0 Å². The summed E-state index contributed by atoms with van der Waals surface area (Å²) < 4.78 is 2.37. The Labute approximate surface area is 194 Å². The van der Waals surface area contributed by atoms with Crippen LogP contribution in [-0.2, 0) is 0 Å². The van der Waals surface area contributed by atoms with Crippen LogP contribution in [0.2, 0.25) is 13.1 Å². The summed E-state index contributed by atoms with van der Waals surface area (Å²) in [6, 6.07) is 14.1. The highest BCUT2D eigenvalue weighted by Crippen LogP contribution is 2.44. The Bertz CT molecular complexity index is 1110. The van der Waals surface area contributed by atoms with Crippen LogP contribution in [0, 0.1) is 0 Å². The molecule has 152 valence electrons. The summed E-state index contributed by atoms with van der Waals surface area (Å²) in [5.74, 6) is 1.16. The molecule has 0 aliphatic heterocycles. The molecule has 30 heavy (non-hydrogen) atoms. The Kier molecular flexibility index (Phi) is 6.13. The van der Waals surface area contributed by atoms with Crippen molar-refractivity contribution in [1.29, 1.82) is 0 Å². The monoisotopic (exact) mass is 422 g/mol. The van der Waals surface area contributed by atoms with E-state index in [-0.39, 0.29) is 0 Å². The highest BCUT2D eigenvalue weighted by molar-refractivity contribution is 6.79. The lowest BCUT2D eigenvalue weighted by Crippen LogP contribution is -2.13. The van der Waals surface area contributed by atoms with Gasteiger partial charge in [-0.05, 0) is 58.7 Å². The maximum absolute atomic E-state index is 2.50. The minimum Gasteiger partial charge on any atom is -0.162 e. The number of fused-ring (bicyclic) bond motifs is 2. The van der Waals surface area contributed by atoms with E-state index in [9.17, 15) is 0 Å². The van der Waals surface area contributed by atoms with Crippen molar-refractivity contribution in [3.8, 4) is 0 Å². The molecule has 1 unspecified atom stereocenters. The molecule has 0 saturated heterocycles. The van der Waals surface area contributed by atoms with Crippen LogP contribution in [0.15, 0.2) is 47.5 Å². The molecule has 1 atom stereocenters. The van der Waals surface area contributed by atoms with Crippen molar-refractivity contribution in [3.05, 3.63) is 80.9 Å². The van der Waals surface area contributed by atoms with Crippen molar-refractivity contribution in [3.63, 3.8) is 0 Å². The molecule has 2 aliphatic carbocycles. The van der Waals surface area contributed by atoms with Gasteiger partial charge in [-0.3, -0.25) is 0 Å². The van der Waals surface area contributed by atoms with E-state index in [1.165, 1.54) is 11.1 Å². The van der Waals surface area contributed by atoms with Crippen molar-refractivity contribution >= 4 is 43.7 Å². The molecule has 0 heterocycles. The highest BCUT2D eigenvalue weighted by atomic mass is 28.2. The molecular formula is C28H34MgSi. The van der Waals surface area contributed by atoms with Gasteiger partial charge in [0, 0.05) is 8.41 Å². The number of hydrogen-bond acceptors (Lipinski definition) is 0. The van der Waals surface area contributed by atoms with Crippen LogP contribution in [0.1, 0.15) is 90.8 Å². The molecule has 2 aliphatic rings. The van der Waals surface area contributed by atoms with Gasteiger partial charge in [0.25, 0.3) is 0 Å². The molecule has 0 fully saturated rings. The summed E-state index contributed by atoms with van der Waals surface area (Å²) >= 11 is -0.486. The van der Waals surface area contributed by atoms with Crippen LogP contribution >= 0.6 is 0 Å². The molecule has 0 aromatic heterocycles. The molecular weight excluding hydrogens is 389 g/mol. The molecule has 0 saturated carbocycles. The SMILES string of the molecule is CC1=Cc2c(C(C)C)cccc2[CH]1[Mg][C]1=C(C)C(=[Si](C)C)c2c1cccc2C(C)C. The zero-order chi connectivity index (χ0) is 21.7. The lowest BCUT2D eigenvalue weighted by Gasteiger charge is -2.18. The zero-order valence-electron chi connectivity index (χ0n) is 20.0. The molecule has 0 nitrogen and oxygen atoms in total. The second kappa shape index (κ2) is 8.37. The Morgan fingerprint density at radius 1 is 0.867 bits per heavy atom. The van der Waals surface area contributed by atoms with E-state index in [1.54, 1.807) is 42.3 Å². The summed E-state index contributed by atoms with van der Waals surface area (Å²) in [7, 11) is -0.518. The molecule has 0 bridgehead atoms. The smallest absolute Gasteiger partial charge is 0.162 e.